The lowest BCUT2D eigenvalue weighted by Gasteiger charge is -2.31. The molecule has 0 unspecified atom stereocenters. The molecule has 1 aliphatic heterocycles. The van der Waals surface area contributed by atoms with Crippen LogP contribution in [0.3, 0.4) is 0 Å². The summed E-state index contributed by atoms with van der Waals surface area (Å²) in [7, 11) is 0. The molecule has 0 radical (unpaired) electrons. The van der Waals surface area contributed by atoms with Gasteiger partial charge in [-0.05, 0) is 24.0 Å². The number of rotatable bonds is 2. The van der Waals surface area contributed by atoms with Gasteiger partial charge in [-0.25, -0.2) is 4.98 Å². The first-order chi connectivity index (χ1) is 11.3. The van der Waals surface area contributed by atoms with Gasteiger partial charge in [0.2, 0.25) is 5.91 Å². The molecule has 126 valence electrons. The number of nitrogens with zero attached hydrogens (tertiary/aromatic N) is 2. The van der Waals surface area contributed by atoms with E-state index >= 15 is 0 Å². The third-order valence-electron chi connectivity index (χ3n) is 4.09. The summed E-state index contributed by atoms with van der Waals surface area (Å²) in [4.78, 5) is 30.1. The molecule has 6 nitrogen and oxygen atoms in total. The second kappa shape index (κ2) is 5.78. The predicted octanol–water partition coefficient (Wildman–Crippen LogP) is 2.43. The summed E-state index contributed by atoms with van der Waals surface area (Å²) < 4.78 is 1.46. The smallest absolute Gasteiger partial charge is 0.262 e. The molecule has 2 N–H and O–H groups in total. The number of benzene rings is 1. The van der Waals surface area contributed by atoms with E-state index in [1.165, 1.54) is 10.6 Å². The molecule has 2 heterocycles. The van der Waals surface area contributed by atoms with E-state index in [1.54, 1.807) is 12.1 Å². The Morgan fingerprint density at radius 2 is 1.96 bits per heavy atom. The molecule has 6 heteroatoms. The number of carbonyl (C=O) groups excluding carboxylic acids is 1. The fourth-order valence-electron chi connectivity index (χ4n) is 3.09. The van der Waals surface area contributed by atoms with E-state index in [9.17, 15) is 14.7 Å². The van der Waals surface area contributed by atoms with Crippen molar-refractivity contribution in [1.29, 1.82) is 0 Å². The van der Waals surface area contributed by atoms with Crippen LogP contribution in [-0.2, 0) is 4.79 Å². The van der Waals surface area contributed by atoms with Gasteiger partial charge in [0.15, 0.2) is 5.82 Å². The zero-order chi connectivity index (χ0) is 17.6. The average molecular weight is 327 g/mol. The van der Waals surface area contributed by atoms with Gasteiger partial charge in [0, 0.05) is 0 Å². The summed E-state index contributed by atoms with van der Waals surface area (Å²) in [6.45, 7) is 7.75. The normalized spacial score (nSPS) is 19.2. The summed E-state index contributed by atoms with van der Waals surface area (Å²) in [5.74, 6) is 0.226. The van der Waals surface area contributed by atoms with Gasteiger partial charge in [0.05, 0.1) is 11.1 Å². The number of aromatic hydroxyl groups is 1. The molecule has 1 aromatic carbocycles. The summed E-state index contributed by atoms with van der Waals surface area (Å²) >= 11 is 0. The maximum absolute atomic E-state index is 13.0. The van der Waals surface area contributed by atoms with E-state index in [0.29, 0.717) is 16.9 Å². The number of amides is 1. The molecule has 0 saturated carbocycles. The molecule has 1 aromatic heterocycles. The van der Waals surface area contributed by atoms with Crippen LogP contribution in [0.4, 0.5) is 0 Å². The highest BCUT2D eigenvalue weighted by Crippen LogP contribution is 2.29. The number of nitrogens with one attached hydrogen (secondary N) is 1. The number of para-hydroxylation sites is 1. The van der Waals surface area contributed by atoms with Gasteiger partial charge in [-0.1, -0.05) is 39.8 Å². The third-order valence-corrected chi connectivity index (χ3v) is 4.09. The molecule has 3 rings (SSSR count). The first kappa shape index (κ1) is 16.2. The molecular weight excluding hydrogens is 306 g/mol. The largest absolute Gasteiger partial charge is 0.506 e. The first-order valence-electron chi connectivity index (χ1n) is 8.08. The van der Waals surface area contributed by atoms with Crippen molar-refractivity contribution in [3.8, 4) is 5.75 Å². The summed E-state index contributed by atoms with van der Waals surface area (Å²) in [6, 6.07) is 4.09. The second-order valence-electron chi connectivity index (χ2n) is 6.79. The topological polar surface area (TPSA) is 84.2 Å². The van der Waals surface area contributed by atoms with Gasteiger partial charge >= 0.3 is 0 Å². The molecule has 0 saturated heterocycles. The fraction of sp³-hybridized carbons (Fsp3) is 0.389. The lowest BCUT2D eigenvalue weighted by Crippen LogP contribution is -2.46. The van der Waals surface area contributed by atoms with Crippen LogP contribution in [0.15, 0.2) is 29.1 Å². The van der Waals surface area contributed by atoms with Crippen molar-refractivity contribution in [3.63, 3.8) is 0 Å². The quantitative estimate of drug-likeness (QED) is 0.887. The SMILES string of the molecule is CC(C)/C=C1\NC(=O)[C@H](C(C)C)n2c1nc1c(O)cccc1c2=O. The van der Waals surface area contributed by atoms with E-state index in [-0.39, 0.29) is 34.6 Å². The van der Waals surface area contributed by atoms with Gasteiger partial charge in [0.25, 0.3) is 5.56 Å². The Morgan fingerprint density at radius 1 is 1.25 bits per heavy atom. The highest BCUT2D eigenvalue weighted by atomic mass is 16.3. The number of fused-ring (bicyclic) bond motifs is 2. The minimum atomic E-state index is -0.629. The Balaban J connectivity index is 2.43. The van der Waals surface area contributed by atoms with E-state index in [4.69, 9.17) is 0 Å². The number of carbonyl (C=O) groups is 1. The average Bonchev–Trinajstić information content (AvgIpc) is 2.48. The number of allylic oxidation sites excluding steroid dienone is 1. The van der Waals surface area contributed by atoms with Crippen molar-refractivity contribution in [3.05, 3.63) is 40.5 Å². The second-order valence-corrected chi connectivity index (χ2v) is 6.79. The summed E-state index contributed by atoms with van der Waals surface area (Å²) in [5, 5.41) is 13.2. The molecule has 0 aliphatic carbocycles. The van der Waals surface area contributed by atoms with Crippen molar-refractivity contribution in [2.45, 2.75) is 33.7 Å². The number of hydrogen-bond donors (Lipinski definition) is 2. The van der Waals surface area contributed by atoms with Gasteiger partial charge < -0.3 is 10.4 Å². The molecule has 1 aliphatic rings. The van der Waals surface area contributed by atoms with Crippen LogP contribution in [0.1, 0.15) is 39.6 Å². The predicted molar refractivity (Wildman–Crippen MR) is 92.5 cm³/mol. The minimum Gasteiger partial charge on any atom is -0.506 e. The van der Waals surface area contributed by atoms with Crippen molar-refractivity contribution < 1.29 is 9.90 Å². The lowest BCUT2D eigenvalue weighted by molar-refractivity contribution is -0.125. The molecule has 0 spiro atoms. The van der Waals surface area contributed by atoms with Crippen LogP contribution < -0.4 is 10.9 Å². The van der Waals surface area contributed by atoms with Gasteiger partial charge in [-0.2, -0.15) is 0 Å². The van der Waals surface area contributed by atoms with E-state index < -0.39 is 6.04 Å². The van der Waals surface area contributed by atoms with Crippen molar-refractivity contribution in [2.75, 3.05) is 0 Å². The fourth-order valence-corrected chi connectivity index (χ4v) is 3.09. The third kappa shape index (κ3) is 2.48. The molecule has 0 fully saturated rings. The monoisotopic (exact) mass is 327 g/mol. The minimum absolute atomic E-state index is 0.0464. The zero-order valence-corrected chi connectivity index (χ0v) is 14.2. The summed E-state index contributed by atoms with van der Waals surface area (Å²) in [5.41, 5.74) is 0.449. The van der Waals surface area contributed by atoms with Crippen molar-refractivity contribution >= 4 is 22.5 Å². The number of hydrogen-bond acceptors (Lipinski definition) is 4. The molecule has 0 bridgehead atoms. The van der Waals surface area contributed by atoms with Crippen LogP contribution in [0.25, 0.3) is 16.6 Å². The zero-order valence-electron chi connectivity index (χ0n) is 14.2. The van der Waals surface area contributed by atoms with Gasteiger partial charge in [-0.3, -0.25) is 14.2 Å². The Morgan fingerprint density at radius 3 is 2.58 bits per heavy atom. The number of phenolic OH excluding ortho intramolecular Hbond substituents is 1. The number of aromatic nitrogens is 2. The number of phenols is 1. The summed E-state index contributed by atoms with van der Waals surface area (Å²) in [6.07, 6.45) is 1.86. The van der Waals surface area contributed by atoms with Crippen LogP contribution in [0.5, 0.6) is 5.75 Å². The first-order valence-corrected chi connectivity index (χ1v) is 8.08. The van der Waals surface area contributed by atoms with Crippen molar-refractivity contribution in [2.24, 2.45) is 11.8 Å². The molecular formula is C18H21N3O3. The van der Waals surface area contributed by atoms with Crippen LogP contribution >= 0.6 is 0 Å². The Kier molecular flexibility index (Phi) is 3.91. The molecule has 2 aromatic rings. The highest BCUT2D eigenvalue weighted by molar-refractivity contribution is 5.93. The van der Waals surface area contributed by atoms with E-state index in [1.807, 2.05) is 33.8 Å². The van der Waals surface area contributed by atoms with Gasteiger partial charge in [-0.15, -0.1) is 0 Å². The standard InChI is InChI=1S/C18H21N3O3/c1-9(2)8-12-16-20-14-11(6-5-7-13(14)22)18(24)21(16)15(10(3)4)17(23)19-12/h5-10,15,22H,1-4H3,(H,19,23)/b12-8-/t15-/m0/s1. The Labute approximate surface area is 139 Å². The highest BCUT2D eigenvalue weighted by Gasteiger charge is 2.35. The Hall–Kier alpha value is -2.63. The van der Waals surface area contributed by atoms with Gasteiger partial charge in [0.1, 0.15) is 17.3 Å². The van der Waals surface area contributed by atoms with Crippen LogP contribution in [0.2, 0.25) is 0 Å². The van der Waals surface area contributed by atoms with Crippen molar-refractivity contribution in [1.82, 2.24) is 14.9 Å². The molecule has 1 amide bonds. The van der Waals surface area contributed by atoms with E-state index in [2.05, 4.69) is 10.3 Å². The lowest BCUT2D eigenvalue weighted by atomic mass is 9.99. The Bertz CT molecular complexity index is 910. The molecule has 24 heavy (non-hydrogen) atoms. The van der Waals surface area contributed by atoms with Crippen LogP contribution in [-0.4, -0.2) is 20.6 Å². The van der Waals surface area contributed by atoms with E-state index in [0.717, 1.165) is 0 Å². The molecule has 1 atom stereocenters. The maximum atomic E-state index is 13.0. The van der Waals surface area contributed by atoms with Crippen LogP contribution in [0, 0.1) is 11.8 Å². The maximum Gasteiger partial charge on any atom is 0.262 e.